The minimum atomic E-state index is -3.13. The Hall–Kier alpha value is -1.67. The highest BCUT2D eigenvalue weighted by molar-refractivity contribution is 7.89. The predicted octanol–water partition coefficient (Wildman–Crippen LogP) is 1.26. The maximum absolute atomic E-state index is 11.8. The van der Waals surface area contributed by atoms with Gasteiger partial charge in [0.05, 0.1) is 11.1 Å². The molecule has 3 rings (SSSR count). The highest BCUT2D eigenvalue weighted by Crippen LogP contribution is 2.31. The number of sulfonamides is 1. The first-order chi connectivity index (χ1) is 10.9. The van der Waals surface area contributed by atoms with Crippen LogP contribution in [0.3, 0.4) is 0 Å². The number of nitrogens with one attached hydrogen (secondary N) is 1. The van der Waals surface area contributed by atoms with E-state index in [4.69, 9.17) is 0 Å². The standard InChI is InChI=1S/C15H23N5O2S/c1-4-7-23(21,22)18-11-8-12(9-11)20(3)15-13-5-6-19(2)14(13)16-10-17-15/h5-6,10-12,18H,4,7-9H2,1-3H3. The van der Waals surface area contributed by atoms with Crippen LogP contribution < -0.4 is 9.62 Å². The maximum Gasteiger partial charge on any atom is 0.211 e. The van der Waals surface area contributed by atoms with E-state index >= 15 is 0 Å². The summed E-state index contributed by atoms with van der Waals surface area (Å²) in [6.07, 6.45) is 5.79. The average Bonchev–Trinajstić information content (AvgIpc) is 2.83. The normalized spacial score (nSPS) is 21.3. The van der Waals surface area contributed by atoms with Crippen LogP contribution in [0, 0.1) is 0 Å². The molecule has 0 radical (unpaired) electrons. The molecule has 23 heavy (non-hydrogen) atoms. The van der Waals surface area contributed by atoms with E-state index < -0.39 is 10.0 Å². The SMILES string of the molecule is CCCS(=O)(=O)NC1CC(N(C)c2ncnc3c2ccn3C)C1. The molecule has 0 unspecified atom stereocenters. The van der Waals surface area contributed by atoms with E-state index in [9.17, 15) is 8.42 Å². The number of hydrogen-bond donors (Lipinski definition) is 1. The molecular weight excluding hydrogens is 314 g/mol. The van der Waals surface area contributed by atoms with Gasteiger partial charge in [-0.3, -0.25) is 0 Å². The van der Waals surface area contributed by atoms with Crippen molar-refractivity contribution in [2.24, 2.45) is 7.05 Å². The van der Waals surface area contributed by atoms with Crippen LogP contribution in [0.2, 0.25) is 0 Å². The second-order valence-corrected chi connectivity index (χ2v) is 8.10. The summed E-state index contributed by atoms with van der Waals surface area (Å²) >= 11 is 0. The van der Waals surface area contributed by atoms with Gasteiger partial charge in [0.15, 0.2) is 0 Å². The number of rotatable bonds is 6. The van der Waals surface area contributed by atoms with Gasteiger partial charge >= 0.3 is 0 Å². The summed E-state index contributed by atoms with van der Waals surface area (Å²) in [5.41, 5.74) is 0.904. The summed E-state index contributed by atoms with van der Waals surface area (Å²) in [5, 5.41) is 1.02. The monoisotopic (exact) mass is 337 g/mol. The second kappa shape index (κ2) is 6.09. The summed E-state index contributed by atoms with van der Waals surface area (Å²) in [5.74, 6) is 1.09. The fourth-order valence-electron chi connectivity index (χ4n) is 3.10. The van der Waals surface area contributed by atoms with Crippen molar-refractivity contribution in [2.75, 3.05) is 17.7 Å². The topological polar surface area (TPSA) is 80.1 Å². The lowest BCUT2D eigenvalue weighted by atomic mass is 9.86. The number of aromatic nitrogens is 3. The summed E-state index contributed by atoms with van der Waals surface area (Å²) in [4.78, 5) is 10.9. The van der Waals surface area contributed by atoms with E-state index in [0.717, 1.165) is 29.7 Å². The molecule has 1 aliphatic carbocycles. The van der Waals surface area contributed by atoms with Gasteiger partial charge in [-0.1, -0.05) is 6.92 Å². The number of anilines is 1. The third kappa shape index (κ3) is 3.18. The van der Waals surface area contributed by atoms with E-state index in [0.29, 0.717) is 12.5 Å². The number of hydrogen-bond acceptors (Lipinski definition) is 5. The van der Waals surface area contributed by atoms with Crippen molar-refractivity contribution in [3.63, 3.8) is 0 Å². The highest BCUT2D eigenvalue weighted by atomic mass is 32.2. The van der Waals surface area contributed by atoms with Crippen molar-refractivity contribution in [3.8, 4) is 0 Å². The Morgan fingerprint density at radius 2 is 2.13 bits per heavy atom. The molecule has 1 N–H and O–H groups in total. The number of aryl methyl sites for hydroxylation is 1. The Labute approximate surface area is 136 Å². The fraction of sp³-hybridized carbons (Fsp3) is 0.600. The maximum atomic E-state index is 11.8. The van der Waals surface area contributed by atoms with Crippen molar-refractivity contribution in [2.45, 2.75) is 38.3 Å². The Morgan fingerprint density at radius 3 is 2.83 bits per heavy atom. The lowest BCUT2D eigenvalue weighted by Crippen LogP contribution is -2.53. The van der Waals surface area contributed by atoms with Gasteiger partial charge in [0.25, 0.3) is 0 Å². The molecule has 126 valence electrons. The third-order valence-electron chi connectivity index (χ3n) is 4.45. The summed E-state index contributed by atoms with van der Waals surface area (Å²) < 4.78 is 28.4. The molecule has 0 aliphatic heterocycles. The van der Waals surface area contributed by atoms with Crippen LogP contribution in [0.15, 0.2) is 18.6 Å². The largest absolute Gasteiger partial charge is 0.356 e. The van der Waals surface area contributed by atoms with E-state index in [2.05, 4.69) is 19.6 Å². The molecule has 2 aromatic rings. The number of nitrogens with zero attached hydrogens (tertiary/aromatic N) is 4. The lowest BCUT2D eigenvalue weighted by Gasteiger charge is -2.41. The Kier molecular flexibility index (Phi) is 4.29. The molecule has 0 aromatic carbocycles. The van der Waals surface area contributed by atoms with E-state index in [1.54, 1.807) is 6.33 Å². The molecule has 2 aromatic heterocycles. The van der Waals surface area contributed by atoms with Gasteiger partial charge < -0.3 is 9.47 Å². The van der Waals surface area contributed by atoms with Crippen molar-refractivity contribution in [1.29, 1.82) is 0 Å². The van der Waals surface area contributed by atoms with E-state index in [1.807, 2.05) is 37.8 Å². The van der Waals surface area contributed by atoms with Crippen molar-refractivity contribution >= 4 is 26.9 Å². The number of fused-ring (bicyclic) bond motifs is 1. The summed E-state index contributed by atoms with van der Waals surface area (Å²) in [6.45, 7) is 1.87. The molecule has 0 atom stereocenters. The fourth-order valence-corrected chi connectivity index (χ4v) is 4.46. The first-order valence-electron chi connectivity index (χ1n) is 7.90. The zero-order valence-corrected chi connectivity index (χ0v) is 14.5. The van der Waals surface area contributed by atoms with Crippen LogP contribution in [-0.4, -0.2) is 47.8 Å². The van der Waals surface area contributed by atoms with Crippen LogP contribution in [0.25, 0.3) is 11.0 Å². The lowest BCUT2D eigenvalue weighted by molar-refractivity contribution is 0.316. The Bertz CT molecular complexity index is 795. The van der Waals surface area contributed by atoms with Gasteiger partial charge in [0.2, 0.25) is 10.0 Å². The molecule has 1 fully saturated rings. The molecule has 7 nitrogen and oxygen atoms in total. The first kappa shape index (κ1) is 16.2. The molecule has 0 bridgehead atoms. The van der Waals surface area contributed by atoms with Gasteiger partial charge in [0.1, 0.15) is 17.8 Å². The summed E-state index contributed by atoms with van der Waals surface area (Å²) in [7, 11) is 0.835. The second-order valence-electron chi connectivity index (χ2n) is 6.23. The van der Waals surface area contributed by atoms with Crippen LogP contribution in [0.4, 0.5) is 5.82 Å². The molecule has 0 amide bonds. The minimum Gasteiger partial charge on any atom is -0.356 e. The van der Waals surface area contributed by atoms with Gasteiger partial charge in [-0.05, 0) is 25.3 Å². The molecular formula is C15H23N5O2S. The van der Waals surface area contributed by atoms with Gasteiger partial charge in [-0.2, -0.15) is 0 Å². The molecule has 0 spiro atoms. The molecule has 1 saturated carbocycles. The van der Waals surface area contributed by atoms with Crippen molar-refractivity contribution < 1.29 is 8.42 Å². The molecule has 0 saturated heterocycles. The molecule has 8 heteroatoms. The Balaban J connectivity index is 1.68. The Morgan fingerprint density at radius 1 is 1.39 bits per heavy atom. The van der Waals surface area contributed by atoms with Crippen LogP contribution >= 0.6 is 0 Å². The van der Waals surface area contributed by atoms with Gasteiger partial charge in [-0.25, -0.2) is 23.1 Å². The first-order valence-corrected chi connectivity index (χ1v) is 9.55. The van der Waals surface area contributed by atoms with Crippen molar-refractivity contribution in [3.05, 3.63) is 18.6 Å². The molecule has 1 aliphatic rings. The average molecular weight is 337 g/mol. The minimum absolute atomic E-state index is 0.0344. The zero-order valence-electron chi connectivity index (χ0n) is 13.7. The van der Waals surface area contributed by atoms with Crippen LogP contribution in [-0.2, 0) is 17.1 Å². The highest BCUT2D eigenvalue weighted by Gasteiger charge is 2.35. The third-order valence-corrected chi connectivity index (χ3v) is 6.09. The van der Waals surface area contributed by atoms with Gasteiger partial charge in [-0.15, -0.1) is 0 Å². The summed E-state index contributed by atoms with van der Waals surface area (Å²) in [6, 6.07) is 2.34. The van der Waals surface area contributed by atoms with E-state index in [1.165, 1.54) is 0 Å². The van der Waals surface area contributed by atoms with E-state index in [-0.39, 0.29) is 11.8 Å². The zero-order chi connectivity index (χ0) is 16.6. The van der Waals surface area contributed by atoms with Crippen LogP contribution in [0.1, 0.15) is 26.2 Å². The van der Waals surface area contributed by atoms with Crippen molar-refractivity contribution in [1.82, 2.24) is 19.3 Å². The predicted molar refractivity (Wildman–Crippen MR) is 90.9 cm³/mol. The van der Waals surface area contributed by atoms with Gasteiger partial charge in [0, 0.05) is 32.4 Å². The van der Waals surface area contributed by atoms with Crippen LogP contribution in [0.5, 0.6) is 0 Å². The molecule has 2 heterocycles. The quantitative estimate of drug-likeness (QED) is 0.858. The smallest absolute Gasteiger partial charge is 0.211 e.